The van der Waals surface area contributed by atoms with E-state index in [2.05, 4.69) is 17.6 Å². The first kappa shape index (κ1) is 5.28. The van der Waals surface area contributed by atoms with E-state index in [0.717, 1.165) is 0 Å². The molecule has 0 unspecified atom stereocenters. The van der Waals surface area contributed by atoms with E-state index in [-0.39, 0.29) is 0 Å². The molecule has 0 amide bonds. The Balaban J connectivity index is 2.85. The molecule has 0 heterocycles. The first-order chi connectivity index (χ1) is 2.91. The largest absolute Gasteiger partial charge is 0.462 e. The minimum atomic E-state index is 1.32. The zero-order chi connectivity index (χ0) is 4.83. The van der Waals surface area contributed by atoms with Gasteiger partial charge in [0.1, 0.15) is 0 Å². The van der Waals surface area contributed by atoms with Crippen LogP contribution < -0.4 is 0 Å². The Kier molecular flexibility index (Phi) is 3.77. The average Bonchev–Trinajstić information content (AvgIpc) is 1.61. The van der Waals surface area contributed by atoms with Crippen LogP contribution in [0.1, 0.15) is 6.92 Å². The molecule has 33 valence electrons. The maximum atomic E-state index is 4.44. The third-order valence-electron chi connectivity index (χ3n) is 0.269. The Labute approximate surface area is 37.9 Å². The van der Waals surface area contributed by atoms with Gasteiger partial charge < -0.3 is 4.74 Å². The van der Waals surface area contributed by atoms with Gasteiger partial charge in [0.2, 0.25) is 0 Å². The molecule has 0 N–H and O–H groups in total. The van der Waals surface area contributed by atoms with Crippen LogP contribution in [0.2, 0.25) is 0 Å². The van der Waals surface area contributed by atoms with E-state index in [4.69, 9.17) is 0 Å². The summed E-state index contributed by atoms with van der Waals surface area (Å²) in [5, 5.41) is 0. The summed E-state index contributed by atoms with van der Waals surface area (Å²) in [4.78, 5) is 0. The van der Waals surface area contributed by atoms with Crippen LogP contribution in [0.25, 0.3) is 0 Å². The van der Waals surface area contributed by atoms with Crippen LogP contribution in [0.3, 0.4) is 0 Å². The summed E-state index contributed by atoms with van der Waals surface area (Å²) >= 11 is 0. The second kappa shape index (κ2) is 4.28. The first-order valence-electron chi connectivity index (χ1n) is 1.71. The number of ether oxygens (including phenoxy) is 1. The van der Waals surface area contributed by atoms with E-state index in [1.807, 2.05) is 6.92 Å². The van der Waals surface area contributed by atoms with Gasteiger partial charge in [-0.3, -0.25) is 0 Å². The lowest BCUT2D eigenvalue weighted by Gasteiger charge is -1.77. The maximum Gasteiger partial charge on any atom is 0.164 e. The highest BCUT2D eigenvalue weighted by atomic mass is 16.5. The predicted octanol–water partition coefficient (Wildman–Crippen LogP) is 1.48. The molecule has 0 saturated heterocycles. The van der Waals surface area contributed by atoms with Crippen LogP contribution in [0, 0.1) is 6.26 Å². The molecule has 0 aliphatic rings. The summed E-state index contributed by atoms with van der Waals surface area (Å²) in [6.45, 7) is 5.12. The molecular weight excluding hydrogens is 76.1 g/mol. The molecule has 0 bridgehead atoms. The molecule has 0 aliphatic heterocycles. The molecule has 0 aromatic carbocycles. The summed E-state index contributed by atoms with van der Waals surface area (Å²) in [5.41, 5.74) is 0. The lowest BCUT2D eigenvalue weighted by molar-refractivity contribution is 0.376. The molecule has 0 rings (SSSR count). The van der Waals surface area contributed by atoms with Crippen molar-refractivity contribution < 1.29 is 4.74 Å². The molecule has 1 nitrogen and oxygen atoms in total. The SMILES string of the molecule is C=CO/[C]=C/C. The van der Waals surface area contributed by atoms with Gasteiger partial charge in [-0.15, -0.1) is 0 Å². The van der Waals surface area contributed by atoms with E-state index >= 15 is 0 Å². The summed E-state index contributed by atoms with van der Waals surface area (Å²) in [5.74, 6) is 0. The van der Waals surface area contributed by atoms with E-state index in [1.165, 1.54) is 6.26 Å². The smallest absolute Gasteiger partial charge is 0.164 e. The number of hydrogen-bond acceptors (Lipinski definition) is 1. The van der Waals surface area contributed by atoms with Gasteiger partial charge in [-0.05, 0) is 13.0 Å². The van der Waals surface area contributed by atoms with Crippen molar-refractivity contribution >= 4 is 0 Å². The van der Waals surface area contributed by atoms with Crippen molar-refractivity contribution in [2.24, 2.45) is 0 Å². The summed E-state index contributed by atoms with van der Waals surface area (Å²) in [6, 6.07) is 0. The molecule has 0 aliphatic carbocycles. The Bertz CT molecular complexity index is 55.0. The molecule has 0 atom stereocenters. The second-order valence-corrected chi connectivity index (χ2v) is 0.691. The van der Waals surface area contributed by atoms with Crippen molar-refractivity contribution in [3.63, 3.8) is 0 Å². The highest BCUT2D eigenvalue weighted by Gasteiger charge is 1.55. The molecule has 0 aromatic rings. The van der Waals surface area contributed by atoms with Crippen molar-refractivity contribution in [3.05, 3.63) is 25.2 Å². The normalized spacial score (nSPS) is 8.83. The van der Waals surface area contributed by atoms with Crippen LogP contribution in [0.15, 0.2) is 18.9 Å². The van der Waals surface area contributed by atoms with Gasteiger partial charge in [0.25, 0.3) is 0 Å². The van der Waals surface area contributed by atoms with E-state index in [0.29, 0.717) is 0 Å². The average molecular weight is 83.1 g/mol. The Morgan fingerprint density at radius 3 is 2.67 bits per heavy atom. The van der Waals surface area contributed by atoms with Crippen LogP contribution in [-0.2, 0) is 4.74 Å². The number of allylic oxidation sites excluding steroid dienone is 1. The lowest BCUT2D eigenvalue weighted by atomic mass is 10.7. The monoisotopic (exact) mass is 83.0 g/mol. The van der Waals surface area contributed by atoms with E-state index in [1.54, 1.807) is 6.08 Å². The van der Waals surface area contributed by atoms with Crippen molar-refractivity contribution in [3.8, 4) is 0 Å². The quantitative estimate of drug-likeness (QED) is 0.459. The van der Waals surface area contributed by atoms with Gasteiger partial charge in [-0.1, -0.05) is 6.58 Å². The van der Waals surface area contributed by atoms with E-state index < -0.39 is 0 Å². The number of rotatable bonds is 2. The molecule has 1 radical (unpaired) electrons. The first-order valence-corrected chi connectivity index (χ1v) is 1.71. The van der Waals surface area contributed by atoms with Crippen molar-refractivity contribution in [1.29, 1.82) is 0 Å². The number of hydrogen-bond donors (Lipinski definition) is 0. The zero-order valence-electron chi connectivity index (χ0n) is 3.77. The standard InChI is InChI=1S/C5H7O/c1-3-5-6-4-2/h3-4H,2H2,1H3. The van der Waals surface area contributed by atoms with Gasteiger partial charge in [0.05, 0.1) is 6.26 Å². The zero-order valence-corrected chi connectivity index (χ0v) is 3.77. The molecule has 0 spiro atoms. The summed E-state index contributed by atoms with van der Waals surface area (Å²) < 4.78 is 4.44. The van der Waals surface area contributed by atoms with Crippen LogP contribution in [0.4, 0.5) is 0 Å². The fourth-order valence-electron chi connectivity index (χ4n) is 0.116. The molecule has 6 heavy (non-hydrogen) atoms. The van der Waals surface area contributed by atoms with Crippen LogP contribution >= 0.6 is 0 Å². The third kappa shape index (κ3) is 3.28. The highest BCUT2D eigenvalue weighted by Crippen LogP contribution is 1.70. The van der Waals surface area contributed by atoms with Gasteiger partial charge in [0, 0.05) is 0 Å². The molecule has 0 fully saturated rings. The predicted molar refractivity (Wildman–Crippen MR) is 24.8 cm³/mol. The maximum absolute atomic E-state index is 4.44. The highest BCUT2D eigenvalue weighted by molar-refractivity contribution is 4.60. The fraction of sp³-hybridized carbons (Fsp3) is 0.200. The fourth-order valence-corrected chi connectivity index (χ4v) is 0.116. The molecule has 0 saturated carbocycles. The molecule has 1 heteroatoms. The summed E-state index contributed by atoms with van der Waals surface area (Å²) in [6.07, 6.45) is 5.44. The minimum absolute atomic E-state index is 1.32. The van der Waals surface area contributed by atoms with Crippen LogP contribution in [-0.4, -0.2) is 0 Å². The van der Waals surface area contributed by atoms with Gasteiger partial charge in [0.15, 0.2) is 6.26 Å². The Morgan fingerprint density at radius 1 is 1.83 bits per heavy atom. The van der Waals surface area contributed by atoms with Gasteiger partial charge in [-0.25, -0.2) is 0 Å². The van der Waals surface area contributed by atoms with Gasteiger partial charge in [-0.2, -0.15) is 0 Å². The van der Waals surface area contributed by atoms with Crippen molar-refractivity contribution in [2.75, 3.05) is 0 Å². The topological polar surface area (TPSA) is 9.23 Å². The second-order valence-electron chi connectivity index (χ2n) is 0.691. The van der Waals surface area contributed by atoms with Crippen molar-refractivity contribution in [1.82, 2.24) is 0 Å². The third-order valence-corrected chi connectivity index (χ3v) is 0.269. The Hall–Kier alpha value is -0.720. The van der Waals surface area contributed by atoms with Crippen molar-refractivity contribution in [2.45, 2.75) is 6.92 Å². The van der Waals surface area contributed by atoms with Crippen LogP contribution in [0.5, 0.6) is 0 Å². The molecule has 0 aromatic heterocycles. The lowest BCUT2D eigenvalue weighted by Crippen LogP contribution is -1.58. The minimum Gasteiger partial charge on any atom is -0.462 e. The summed E-state index contributed by atoms with van der Waals surface area (Å²) in [7, 11) is 0. The van der Waals surface area contributed by atoms with Gasteiger partial charge >= 0.3 is 0 Å². The van der Waals surface area contributed by atoms with E-state index in [9.17, 15) is 0 Å². The molecular formula is C5H7O. The Morgan fingerprint density at radius 2 is 2.50 bits per heavy atom.